The van der Waals surface area contributed by atoms with Crippen molar-refractivity contribution < 1.29 is 4.79 Å². The minimum Gasteiger partial charge on any atom is -0.315 e. The van der Waals surface area contributed by atoms with Crippen LogP contribution in [0.3, 0.4) is 0 Å². The first kappa shape index (κ1) is 15.4. The van der Waals surface area contributed by atoms with Crippen molar-refractivity contribution in [3.8, 4) is 0 Å². The van der Waals surface area contributed by atoms with E-state index in [-0.39, 0.29) is 6.03 Å². The van der Waals surface area contributed by atoms with Gasteiger partial charge in [-0.2, -0.15) is 5.10 Å². The van der Waals surface area contributed by atoms with Gasteiger partial charge in [0.05, 0.1) is 0 Å². The summed E-state index contributed by atoms with van der Waals surface area (Å²) >= 11 is 0. The van der Waals surface area contributed by atoms with Gasteiger partial charge in [0.1, 0.15) is 11.6 Å². The first-order valence-electron chi connectivity index (χ1n) is 8.27. The zero-order chi connectivity index (χ0) is 17.2. The Bertz CT molecular complexity index is 894. The molecular formula is C17H19N7O. The summed E-state index contributed by atoms with van der Waals surface area (Å²) in [4.78, 5) is 12.0. The molecular weight excluding hydrogens is 318 g/mol. The van der Waals surface area contributed by atoms with Gasteiger partial charge in [0.15, 0.2) is 5.82 Å². The number of hydrogen-bond donors (Lipinski definition) is 3. The molecule has 3 N–H and O–H groups in total. The molecule has 0 saturated carbocycles. The molecule has 0 radical (unpaired) electrons. The molecule has 128 valence electrons. The number of aromatic amines is 1. The van der Waals surface area contributed by atoms with Crippen molar-refractivity contribution in [3.63, 3.8) is 0 Å². The normalized spacial score (nSPS) is 12.8. The molecule has 0 saturated heterocycles. The van der Waals surface area contributed by atoms with Crippen LogP contribution in [0.25, 0.3) is 0 Å². The number of benzene rings is 1. The molecule has 1 aliphatic heterocycles. The lowest BCUT2D eigenvalue weighted by Crippen LogP contribution is -2.19. The van der Waals surface area contributed by atoms with Gasteiger partial charge in [-0.15, -0.1) is 10.2 Å². The molecule has 8 nitrogen and oxygen atoms in total. The van der Waals surface area contributed by atoms with Gasteiger partial charge in [-0.3, -0.25) is 10.4 Å². The summed E-state index contributed by atoms with van der Waals surface area (Å²) in [5, 5.41) is 20.7. The number of hydrogen-bond acceptors (Lipinski definition) is 4. The van der Waals surface area contributed by atoms with Crippen molar-refractivity contribution in [2.75, 3.05) is 10.6 Å². The molecule has 0 aliphatic carbocycles. The lowest BCUT2D eigenvalue weighted by molar-refractivity contribution is 0.262. The number of amides is 2. The van der Waals surface area contributed by atoms with Crippen molar-refractivity contribution in [3.05, 3.63) is 53.2 Å². The number of aromatic nitrogens is 5. The van der Waals surface area contributed by atoms with Crippen molar-refractivity contribution in [2.24, 2.45) is 0 Å². The van der Waals surface area contributed by atoms with E-state index in [4.69, 9.17) is 0 Å². The summed E-state index contributed by atoms with van der Waals surface area (Å²) in [6, 6.07) is 9.18. The number of nitrogens with one attached hydrogen (secondary N) is 3. The van der Waals surface area contributed by atoms with Crippen LogP contribution >= 0.6 is 0 Å². The molecule has 4 rings (SSSR count). The Labute approximate surface area is 144 Å². The number of nitrogens with zero attached hydrogens (tertiary/aromatic N) is 4. The smallest absolute Gasteiger partial charge is 0.315 e. The Morgan fingerprint density at radius 3 is 2.84 bits per heavy atom. The van der Waals surface area contributed by atoms with Crippen molar-refractivity contribution in [2.45, 2.75) is 32.7 Å². The SMILES string of the molecule is Cc1cc(NC(=O)Nc2ccc(Cc3nnc4n3CCC4)cc2)n[nH]1. The number of rotatable bonds is 4. The highest BCUT2D eigenvalue weighted by molar-refractivity contribution is 5.99. The van der Waals surface area contributed by atoms with Crippen LogP contribution in [-0.4, -0.2) is 31.0 Å². The highest BCUT2D eigenvalue weighted by atomic mass is 16.2. The monoisotopic (exact) mass is 337 g/mol. The van der Waals surface area contributed by atoms with Crippen molar-refractivity contribution in [1.82, 2.24) is 25.0 Å². The molecule has 1 aliphatic rings. The number of fused-ring (bicyclic) bond motifs is 1. The van der Waals surface area contributed by atoms with E-state index in [0.717, 1.165) is 54.4 Å². The summed E-state index contributed by atoms with van der Waals surface area (Å²) in [6.07, 6.45) is 2.90. The van der Waals surface area contributed by atoms with Crippen LogP contribution in [0, 0.1) is 6.92 Å². The lowest BCUT2D eigenvalue weighted by Gasteiger charge is -2.07. The van der Waals surface area contributed by atoms with E-state index in [0.29, 0.717) is 5.82 Å². The van der Waals surface area contributed by atoms with Crippen molar-refractivity contribution >= 4 is 17.5 Å². The van der Waals surface area contributed by atoms with E-state index in [9.17, 15) is 4.79 Å². The van der Waals surface area contributed by atoms with Crippen LogP contribution in [0.5, 0.6) is 0 Å². The second kappa shape index (κ2) is 6.39. The third kappa shape index (κ3) is 3.37. The minimum atomic E-state index is -0.325. The highest BCUT2D eigenvalue weighted by Crippen LogP contribution is 2.18. The van der Waals surface area contributed by atoms with Crippen LogP contribution in [0.15, 0.2) is 30.3 Å². The zero-order valence-corrected chi connectivity index (χ0v) is 13.9. The Balaban J connectivity index is 1.37. The molecule has 1 aromatic carbocycles. The first-order valence-corrected chi connectivity index (χ1v) is 8.27. The van der Waals surface area contributed by atoms with E-state index < -0.39 is 0 Å². The van der Waals surface area contributed by atoms with Crippen LogP contribution in [-0.2, 0) is 19.4 Å². The molecule has 0 spiro atoms. The summed E-state index contributed by atoms with van der Waals surface area (Å²) in [5.41, 5.74) is 2.75. The topological polar surface area (TPSA) is 101 Å². The highest BCUT2D eigenvalue weighted by Gasteiger charge is 2.17. The fraction of sp³-hybridized carbons (Fsp3) is 0.294. The van der Waals surface area contributed by atoms with Gasteiger partial charge in [-0.05, 0) is 31.0 Å². The first-order chi connectivity index (χ1) is 12.2. The fourth-order valence-corrected chi connectivity index (χ4v) is 2.99. The molecule has 0 bridgehead atoms. The average Bonchev–Trinajstić information content (AvgIpc) is 3.29. The molecule has 3 heterocycles. The number of carbonyl (C=O) groups excluding carboxylic acids is 1. The predicted octanol–water partition coefficient (Wildman–Crippen LogP) is 2.49. The molecule has 2 aromatic heterocycles. The Morgan fingerprint density at radius 1 is 1.24 bits per heavy atom. The fourth-order valence-electron chi connectivity index (χ4n) is 2.99. The maximum Gasteiger partial charge on any atom is 0.324 e. The zero-order valence-electron chi connectivity index (χ0n) is 13.9. The summed E-state index contributed by atoms with van der Waals surface area (Å²) in [7, 11) is 0. The number of urea groups is 1. The minimum absolute atomic E-state index is 0.325. The van der Waals surface area contributed by atoms with Crippen LogP contribution in [0.1, 0.15) is 29.3 Å². The Hall–Kier alpha value is -3.16. The summed E-state index contributed by atoms with van der Waals surface area (Å²) < 4.78 is 2.20. The molecule has 0 fully saturated rings. The molecule has 2 amide bonds. The number of aryl methyl sites for hydroxylation is 2. The van der Waals surface area contributed by atoms with Gasteiger partial charge in [-0.1, -0.05) is 12.1 Å². The Morgan fingerprint density at radius 2 is 2.08 bits per heavy atom. The van der Waals surface area contributed by atoms with E-state index >= 15 is 0 Å². The predicted molar refractivity (Wildman–Crippen MR) is 93.6 cm³/mol. The van der Waals surface area contributed by atoms with Crippen molar-refractivity contribution in [1.29, 1.82) is 0 Å². The molecule has 8 heteroatoms. The van der Waals surface area contributed by atoms with Gasteiger partial charge in [0.2, 0.25) is 0 Å². The lowest BCUT2D eigenvalue weighted by atomic mass is 10.1. The van der Waals surface area contributed by atoms with Gasteiger partial charge < -0.3 is 9.88 Å². The summed E-state index contributed by atoms with van der Waals surface area (Å²) in [6.45, 7) is 2.88. The third-order valence-corrected chi connectivity index (χ3v) is 4.21. The van der Waals surface area contributed by atoms with Gasteiger partial charge in [-0.25, -0.2) is 4.79 Å². The van der Waals surface area contributed by atoms with Gasteiger partial charge in [0.25, 0.3) is 0 Å². The third-order valence-electron chi connectivity index (χ3n) is 4.21. The van der Waals surface area contributed by atoms with E-state index in [1.54, 1.807) is 6.07 Å². The van der Waals surface area contributed by atoms with Crippen LogP contribution in [0.4, 0.5) is 16.3 Å². The molecule has 3 aromatic rings. The molecule has 0 atom stereocenters. The maximum absolute atomic E-state index is 12.0. The quantitative estimate of drug-likeness (QED) is 0.681. The second-order valence-corrected chi connectivity index (χ2v) is 6.18. The van der Waals surface area contributed by atoms with E-state index in [2.05, 4.69) is 35.6 Å². The Kier molecular flexibility index (Phi) is 3.93. The average molecular weight is 337 g/mol. The standard InChI is InChI=1S/C17H19N7O/c1-11-9-14(21-20-11)19-17(25)18-13-6-4-12(5-7-13)10-16-23-22-15-3-2-8-24(15)16/h4-7,9H,2-3,8,10H2,1H3,(H3,18,19,20,21,25). The summed E-state index contributed by atoms with van der Waals surface area (Å²) in [5.74, 6) is 2.57. The molecule has 0 unspecified atom stereocenters. The maximum atomic E-state index is 12.0. The van der Waals surface area contributed by atoms with Gasteiger partial charge >= 0.3 is 6.03 Å². The number of H-pyrrole nitrogens is 1. The van der Waals surface area contributed by atoms with Crippen LogP contribution in [0.2, 0.25) is 0 Å². The number of anilines is 2. The second-order valence-electron chi connectivity index (χ2n) is 6.18. The number of carbonyl (C=O) groups is 1. The van der Waals surface area contributed by atoms with Gasteiger partial charge in [0, 0.05) is 36.8 Å². The largest absolute Gasteiger partial charge is 0.324 e. The van der Waals surface area contributed by atoms with E-state index in [1.165, 1.54) is 0 Å². The molecule has 25 heavy (non-hydrogen) atoms. The van der Waals surface area contributed by atoms with E-state index in [1.807, 2.05) is 31.2 Å². The van der Waals surface area contributed by atoms with Crippen LogP contribution < -0.4 is 10.6 Å².